The number of hydrogen-bond acceptors (Lipinski definition) is 6. The number of fused-ring (bicyclic) bond motifs is 3. The van der Waals surface area contributed by atoms with Crippen molar-refractivity contribution in [2.45, 2.75) is 20.0 Å². The maximum absolute atomic E-state index is 13.5. The molecule has 0 amide bonds. The molecule has 0 unspecified atom stereocenters. The fourth-order valence-electron chi connectivity index (χ4n) is 5.04. The summed E-state index contributed by atoms with van der Waals surface area (Å²) in [5.41, 5.74) is -0.156. The third kappa shape index (κ3) is 8.80. The lowest BCUT2D eigenvalue weighted by atomic mass is 10.1. The molecule has 53 heavy (non-hydrogen) atoms. The van der Waals surface area contributed by atoms with Gasteiger partial charge in [-0.25, -0.2) is 9.59 Å². The lowest BCUT2D eigenvalue weighted by Gasteiger charge is -2.12. The highest BCUT2D eigenvalue weighted by atomic mass is 127. The van der Waals surface area contributed by atoms with Gasteiger partial charge in [0.1, 0.15) is 34.5 Å². The van der Waals surface area contributed by atoms with Gasteiger partial charge in [0.15, 0.2) is 14.3 Å². The molecule has 270 valence electrons. The largest absolute Gasteiger partial charge is 0.456 e. The van der Waals surface area contributed by atoms with E-state index in [4.69, 9.17) is 18.9 Å². The second-order valence-electron chi connectivity index (χ2n) is 11.6. The number of ether oxygens (including phenoxy) is 4. The molecule has 0 fully saturated rings. The normalized spacial score (nSPS) is 11.4. The Balaban J connectivity index is 1.43. The van der Waals surface area contributed by atoms with Crippen LogP contribution in [0.2, 0.25) is 0 Å². The van der Waals surface area contributed by atoms with E-state index in [1.807, 2.05) is 36.4 Å². The first-order valence-corrected chi connectivity index (χ1v) is 20.8. The maximum Gasteiger partial charge on any atom is 0.416 e. The number of benzene rings is 5. The smallest absolute Gasteiger partial charge is 0.416 e. The fraction of sp³-hybridized carbons (Fsp3) is 0.0769. The van der Waals surface area contributed by atoms with Crippen molar-refractivity contribution >= 4 is 133 Å². The highest BCUT2D eigenvalue weighted by Crippen LogP contribution is 2.51. The summed E-state index contributed by atoms with van der Waals surface area (Å²) in [4.78, 5) is 25.0. The van der Waals surface area contributed by atoms with Crippen molar-refractivity contribution in [2.75, 3.05) is 0 Å². The second-order valence-corrected chi connectivity index (χ2v) is 18.2. The minimum atomic E-state index is -4.45. The molecule has 0 atom stereocenters. The molecule has 6 rings (SSSR count). The van der Waals surface area contributed by atoms with E-state index in [0.717, 1.165) is 37.2 Å². The minimum absolute atomic E-state index is 0.280. The zero-order valence-electron chi connectivity index (χ0n) is 27.5. The van der Waals surface area contributed by atoms with Crippen LogP contribution in [-0.2, 0) is 15.8 Å². The average molecular weight is 1190 g/mol. The van der Waals surface area contributed by atoms with Crippen LogP contribution in [0.15, 0.2) is 109 Å². The fourth-order valence-corrected chi connectivity index (χ4v) is 9.57. The monoisotopic (exact) mass is 1180 g/mol. The zero-order valence-corrected chi connectivity index (χ0v) is 36.9. The summed E-state index contributed by atoms with van der Waals surface area (Å²) < 4.78 is 68.7. The molecule has 0 radical (unpaired) electrons. The zero-order chi connectivity index (χ0) is 38.4. The Bertz CT molecular complexity index is 2350. The van der Waals surface area contributed by atoms with Crippen molar-refractivity contribution in [3.63, 3.8) is 0 Å². The molecule has 1 heterocycles. The Hall–Kier alpha value is -2.95. The molecule has 0 saturated heterocycles. The molecule has 6 nitrogen and oxygen atoms in total. The number of alkyl halides is 3. The third-order valence-corrected chi connectivity index (χ3v) is 13.3. The van der Waals surface area contributed by atoms with E-state index in [1.165, 1.54) is 12.1 Å². The lowest BCUT2D eigenvalue weighted by molar-refractivity contribution is -0.137. The Labute approximate surface area is 359 Å². The summed E-state index contributed by atoms with van der Waals surface area (Å²) in [6, 6.07) is 23.6. The molecule has 0 aliphatic carbocycles. The summed E-state index contributed by atoms with van der Waals surface area (Å²) in [7, 11) is -0.722. The first-order chi connectivity index (χ1) is 25.0. The molecule has 6 aromatic rings. The van der Waals surface area contributed by atoms with Gasteiger partial charge in [0.2, 0.25) is 0 Å². The molecule has 0 spiro atoms. The van der Waals surface area contributed by atoms with Crippen LogP contribution >= 0.6 is 101 Å². The van der Waals surface area contributed by atoms with Crippen LogP contribution in [-0.4, -0.2) is 11.9 Å². The van der Waals surface area contributed by atoms with Gasteiger partial charge in [-0.05, 0) is 177 Å². The highest BCUT2D eigenvalue weighted by molar-refractivity contribution is 14.1. The molecule has 5 aromatic carbocycles. The van der Waals surface area contributed by atoms with Crippen molar-refractivity contribution in [1.29, 1.82) is 0 Å². The van der Waals surface area contributed by atoms with E-state index in [1.54, 1.807) is 38.1 Å². The number of hydrogen-bond donors (Lipinski definition) is 0. The van der Waals surface area contributed by atoms with Gasteiger partial charge in [0.25, 0.3) is 0 Å². The van der Waals surface area contributed by atoms with E-state index in [9.17, 15) is 22.8 Å². The quantitative estimate of drug-likeness (QED) is 0.0472. The predicted molar refractivity (Wildman–Crippen MR) is 235 cm³/mol. The molecule has 0 N–H and O–H groups in total. The molecule has 0 aliphatic heterocycles. The Morgan fingerprint density at radius 3 is 1.34 bits per heavy atom. The molecule has 1 aromatic heterocycles. The van der Waals surface area contributed by atoms with Crippen LogP contribution in [0.4, 0.5) is 13.2 Å². The predicted octanol–water partition coefficient (Wildman–Crippen LogP) is 13.7. The van der Waals surface area contributed by atoms with Gasteiger partial charge in [-0.3, -0.25) is 0 Å². The number of rotatable bonds is 9. The van der Waals surface area contributed by atoms with Crippen molar-refractivity contribution in [3.8, 4) is 39.4 Å². The summed E-state index contributed by atoms with van der Waals surface area (Å²) in [5, 5.41) is 1.68. The van der Waals surface area contributed by atoms with E-state index >= 15 is 0 Å². The van der Waals surface area contributed by atoms with Gasteiger partial charge in [0.05, 0.1) is 30.6 Å². The van der Waals surface area contributed by atoms with E-state index < -0.39 is 34.1 Å². The Morgan fingerprint density at radius 1 is 0.585 bits per heavy atom. The Kier molecular flexibility index (Phi) is 12.0. The number of esters is 2. The van der Waals surface area contributed by atoms with Crippen molar-refractivity contribution in [3.05, 3.63) is 129 Å². The summed E-state index contributed by atoms with van der Waals surface area (Å²) in [6.07, 6.45) is -4.45. The highest BCUT2D eigenvalue weighted by Gasteiger charge is 2.32. The minimum Gasteiger partial charge on any atom is -0.456 e. The average Bonchev–Trinajstić information content (AvgIpc) is 3.41. The first kappa shape index (κ1) is 39.7. The molecular weight excluding hydrogens is 1160 g/mol. The lowest BCUT2D eigenvalue weighted by Crippen LogP contribution is -2.09. The number of thiophene rings is 1. The van der Waals surface area contributed by atoms with E-state index in [-0.39, 0.29) is 11.1 Å². The van der Waals surface area contributed by atoms with E-state index in [0.29, 0.717) is 48.8 Å². The van der Waals surface area contributed by atoms with Gasteiger partial charge in [-0.2, -0.15) is 13.2 Å². The molecule has 14 heteroatoms. The van der Waals surface area contributed by atoms with Gasteiger partial charge in [-0.1, -0.05) is 13.2 Å². The van der Waals surface area contributed by atoms with Crippen molar-refractivity contribution in [2.24, 2.45) is 0 Å². The Morgan fingerprint density at radius 2 is 0.962 bits per heavy atom. The van der Waals surface area contributed by atoms with Crippen LogP contribution in [0.1, 0.15) is 19.4 Å². The molecule has 0 aliphatic rings. The van der Waals surface area contributed by atoms with Crippen molar-refractivity contribution in [1.82, 2.24) is 0 Å². The van der Waals surface area contributed by atoms with Crippen LogP contribution in [0.5, 0.6) is 34.5 Å². The van der Waals surface area contributed by atoms with Crippen LogP contribution in [0.3, 0.4) is 0 Å². The first-order valence-electron chi connectivity index (χ1n) is 15.3. The van der Waals surface area contributed by atoms with Crippen LogP contribution < -0.4 is 18.9 Å². The van der Waals surface area contributed by atoms with Crippen LogP contribution in [0, 0.1) is 14.3 Å². The van der Waals surface area contributed by atoms with Gasteiger partial charge in [0, 0.05) is 33.7 Å². The molecule has 0 saturated carbocycles. The molecular formula is C39H24F3I4O6S+. The summed E-state index contributed by atoms with van der Waals surface area (Å²) in [5.74, 6) is 1.87. The van der Waals surface area contributed by atoms with Gasteiger partial charge >= 0.3 is 18.1 Å². The standard InChI is InChI=1S/C39H24F3I4O6S/c1-19(2)37(47)51-33-17-27(43)31(15-29(33)45)49-22-7-11-35-25(13-22)26-14-23(50-32-16-30(46)34(18-28(32)44)52-38(48)20(3)4)8-12-36(26)53(35)24-9-5-21(6-10-24)39(40,41)42/h5-18H,1,3H2,2,4H3/q+1. The van der Waals surface area contributed by atoms with Gasteiger partial charge in [-0.15, -0.1) is 0 Å². The molecule has 0 bridgehead atoms. The van der Waals surface area contributed by atoms with Crippen molar-refractivity contribution < 1.29 is 41.7 Å². The summed E-state index contributed by atoms with van der Waals surface area (Å²) in [6.45, 7) is 10.4. The SMILES string of the molecule is C=C(C)C(=O)Oc1cc(I)c(Oc2ccc3c(c2)c2cc(Oc4cc(I)c(OC(=O)C(=C)C)cc4I)ccc2[s+]3-c2ccc(C(F)(F)F)cc2)cc1I. The van der Waals surface area contributed by atoms with Crippen LogP contribution in [0.25, 0.3) is 25.1 Å². The topological polar surface area (TPSA) is 71.1 Å². The number of halogens is 7. The maximum atomic E-state index is 13.5. The second kappa shape index (κ2) is 16.0. The summed E-state index contributed by atoms with van der Waals surface area (Å²) >= 11 is 8.37. The van der Waals surface area contributed by atoms with E-state index in [2.05, 4.69) is 104 Å². The van der Waals surface area contributed by atoms with Gasteiger partial charge < -0.3 is 18.9 Å². The third-order valence-electron chi connectivity index (χ3n) is 7.58. The number of carbonyl (C=O) groups excluding carboxylic acids is 2. The number of carbonyl (C=O) groups is 2.